The third kappa shape index (κ3) is 12.1. The number of carbonyl (C=O) groups excluding carboxylic acids is 2. The molecule has 0 aliphatic heterocycles. The number of benzene rings is 4. The lowest BCUT2D eigenvalue weighted by molar-refractivity contribution is -0.268. The monoisotopic (exact) mass is 901 g/mol. The Labute approximate surface area is 399 Å². The highest BCUT2D eigenvalue weighted by Crippen LogP contribution is 2.57. The highest BCUT2D eigenvalue weighted by Gasteiger charge is 2.66. The molecule has 0 spiro atoms. The normalized spacial score (nSPS) is 17.3. The predicted octanol–water partition coefficient (Wildman–Crippen LogP) is 15.4. The third-order valence-electron chi connectivity index (χ3n) is 14.0. The highest BCUT2D eigenvalue weighted by atomic mass is 16.6. The number of aromatic hydroxyl groups is 2. The Hall–Kier alpha value is -4.58. The van der Waals surface area contributed by atoms with Crippen molar-refractivity contribution in [3.8, 4) is 33.8 Å². The van der Waals surface area contributed by atoms with Gasteiger partial charge in [0.2, 0.25) is 0 Å². The first-order valence-corrected chi connectivity index (χ1v) is 24.8. The van der Waals surface area contributed by atoms with Crippen molar-refractivity contribution in [2.75, 3.05) is 0 Å². The van der Waals surface area contributed by atoms with Crippen LogP contribution in [-0.4, -0.2) is 34.4 Å². The van der Waals surface area contributed by atoms with Gasteiger partial charge in [-0.25, -0.2) is 0 Å². The van der Waals surface area contributed by atoms with Gasteiger partial charge in [0.05, 0.1) is 0 Å². The lowest BCUT2D eigenvalue weighted by Crippen LogP contribution is -2.69. The summed E-state index contributed by atoms with van der Waals surface area (Å²) in [7, 11) is 0. The summed E-state index contributed by atoms with van der Waals surface area (Å²) in [6.45, 7) is 33.9. The van der Waals surface area contributed by atoms with Gasteiger partial charge >= 0.3 is 11.9 Å². The molecule has 1 aliphatic rings. The minimum absolute atomic E-state index is 0.198. The summed E-state index contributed by atoms with van der Waals surface area (Å²) in [5.74, 6) is 0.386. The number of ether oxygens (including phenoxy) is 2. The molecule has 2 N–H and O–H groups in total. The molecule has 0 heterocycles. The SMILES string of the molecule is CC(C)(C)c1cc(-c2ccccc2CCCCCC(=O)OC2C(C)(C)C(OC(=O)CCCCCc3ccccc3-c3cc(C(C)(C)C)c(O)c(C(C)(C)C)c3)C2(C)C)cc(C(C)(C)C)c1O. The summed E-state index contributed by atoms with van der Waals surface area (Å²) >= 11 is 0. The fourth-order valence-electron chi connectivity index (χ4n) is 10.5. The molecule has 0 atom stereocenters. The molecule has 0 saturated heterocycles. The average Bonchev–Trinajstić information content (AvgIpc) is 3.20. The van der Waals surface area contributed by atoms with Crippen LogP contribution >= 0.6 is 0 Å². The Morgan fingerprint density at radius 1 is 0.470 bits per heavy atom. The maximum atomic E-state index is 13.2. The number of phenols is 2. The van der Waals surface area contributed by atoms with Crippen LogP contribution < -0.4 is 0 Å². The maximum Gasteiger partial charge on any atom is 0.306 e. The molecule has 0 bridgehead atoms. The molecule has 6 nitrogen and oxygen atoms in total. The Bertz CT molecular complexity index is 2090. The molecule has 4 aromatic carbocycles. The molecule has 1 saturated carbocycles. The molecular formula is C60H84O6. The van der Waals surface area contributed by atoms with Crippen molar-refractivity contribution in [3.63, 3.8) is 0 Å². The van der Waals surface area contributed by atoms with E-state index < -0.39 is 10.8 Å². The number of phenolic OH excluding ortho intramolecular Hbond substituents is 2. The maximum absolute atomic E-state index is 13.2. The molecule has 4 aromatic rings. The van der Waals surface area contributed by atoms with Crippen LogP contribution in [-0.2, 0) is 53.6 Å². The van der Waals surface area contributed by atoms with E-state index in [0.29, 0.717) is 24.3 Å². The zero-order valence-corrected chi connectivity index (χ0v) is 43.7. The number of aryl methyl sites for hydroxylation is 2. The Balaban J connectivity index is 1.09. The first-order chi connectivity index (χ1) is 30.5. The van der Waals surface area contributed by atoms with E-state index >= 15 is 0 Å². The van der Waals surface area contributed by atoms with Crippen molar-refractivity contribution in [1.82, 2.24) is 0 Å². The van der Waals surface area contributed by atoms with Gasteiger partial charge in [0.1, 0.15) is 23.7 Å². The smallest absolute Gasteiger partial charge is 0.306 e. The molecule has 360 valence electrons. The van der Waals surface area contributed by atoms with E-state index in [9.17, 15) is 19.8 Å². The number of esters is 2. The molecule has 0 unspecified atom stereocenters. The lowest BCUT2D eigenvalue weighted by atomic mass is 9.51. The van der Waals surface area contributed by atoms with E-state index in [4.69, 9.17) is 9.47 Å². The Morgan fingerprint density at radius 3 is 1.05 bits per heavy atom. The molecule has 1 aliphatic carbocycles. The molecular weight excluding hydrogens is 817 g/mol. The van der Waals surface area contributed by atoms with Crippen LogP contribution in [0.2, 0.25) is 0 Å². The molecule has 6 heteroatoms. The van der Waals surface area contributed by atoms with Crippen molar-refractivity contribution in [3.05, 3.63) is 106 Å². The topological polar surface area (TPSA) is 93.1 Å². The quantitative estimate of drug-likeness (QED) is 0.0859. The van der Waals surface area contributed by atoms with Gasteiger partial charge in [-0.15, -0.1) is 0 Å². The summed E-state index contributed by atoms with van der Waals surface area (Å²) in [6, 6.07) is 25.7. The van der Waals surface area contributed by atoms with Crippen LogP contribution in [0, 0.1) is 10.8 Å². The summed E-state index contributed by atoms with van der Waals surface area (Å²) in [5.41, 5.74) is 9.16. The lowest BCUT2D eigenvalue weighted by Gasteiger charge is -2.61. The van der Waals surface area contributed by atoms with Gasteiger partial charge < -0.3 is 19.7 Å². The second-order valence-electron chi connectivity index (χ2n) is 24.7. The van der Waals surface area contributed by atoms with Gasteiger partial charge in [-0.2, -0.15) is 0 Å². The minimum Gasteiger partial charge on any atom is -0.507 e. The van der Waals surface area contributed by atoms with Gasteiger partial charge in [0, 0.05) is 45.9 Å². The Kier molecular flexibility index (Phi) is 15.8. The summed E-state index contributed by atoms with van der Waals surface area (Å²) in [5, 5.41) is 22.6. The van der Waals surface area contributed by atoms with Crippen LogP contribution in [0.15, 0.2) is 72.8 Å². The van der Waals surface area contributed by atoms with E-state index in [1.165, 1.54) is 22.3 Å². The fraction of sp³-hybridized carbons (Fsp3) is 0.567. The van der Waals surface area contributed by atoms with Crippen molar-refractivity contribution in [2.24, 2.45) is 10.8 Å². The van der Waals surface area contributed by atoms with Crippen LogP contribution in [0.25, 0.3) is 22.3 Å². The fourth-order valence-corrected chi connectivity index (χ4v) is 10.5. The number of carbonyl (C=O) groups is 2. The van der Waals surface area contributed by atoms with Gasteiger partial charge in [-0.3, -0.25) is 9.59 Å². The molecule has 5 rings (SSSR count). The van der Waals surface area contributed by atoms with Gasteiger partial charge in [-0.05, 0) is 118 Å². The zero-order valence-electron chi connectivity index (χ0n) is 43.7. The molecule has 0 aromatic heterocycles. The Morgan fingerprint density at radius 2 is 0.758 bits per heavy atom. The van der Waals surface area contributed by atoms with Crippen LogP contribution in [0.4, 0.5) is 0 Å². The van der Waals surface area contributed by atoms with Crippen LogP contribution in [0.3, 0.4) is 0 Å². The van der Waals surface area contributed by atoms with E-state index in [2.05, 4.69) is 156 Å². The van der Waals surface area contributed by atoms with Crippen molar-refractivity contribution >= 4 is 11.9 Å². The summed E-state index contributed by atoms with van der Waals surface area (Å²) < 4.78 is 12.3. The minimum atomic E-state index is -0.496. The number of rotatable bonds is 16. The first-order valence-electron chi connectivity index (χ1n) is 24.8. The number of hydrogen-bond donors (Lipinski definition) is 2. The molecule has 0 radical (unpaired) electrons. The summed E-state index contributed by atoms with van der Waals surface area (Å²) in [6.07, 6.45) is 6.97. The number of unbranched alkanes of at least 4 members (excludes halogenated alkanes) is 4. The second kappa shape index (κ2) is 19.9. The average molecular weight is 901 g/mol. The van der Waals surface area contributed by atoms with Crippen molar-refractivity contribution < 1.29 is 29.3 Å². The second-order valence-corrected chi connectivity index (χ2v) is 24.7. The standard InChI is InChI=1S/C60H84O6/c1-55(2,3)45-35-41(36-46(51(45)63)56(4,5)6)43-31-25-23-29-39(43)27-19-17-21-33-49(61)65-53-59(13,14)54(60(53,15)16)66-50(62)34-22-18-20-28-40-30-24-26-32-44(40)42-37-47(57(7,8)9)52(64)48(38-42)58(10,11)12/h23-26,29-32,35-38,53-54,63-64H,17-22,27-28,33-34H2,1-16H3. The van der Waals surface area contributed by atoms with Crippen molar-refractivity contribution in [2.45, 2.75) is 209 Å². The predicted molar refractivity (Wildman–Crippen MR) is 274 cm³/mol. The van der Waals surface area contributed by atoms with E-state index in [1.54, 1.807) is 0 Å². The molecule has 0 amide bonds. The summed E-state index contributed by atoms with van der Waals surface area (Å²) in [4.78, 5) is 26.5. The third-order valence-corrected chi connectivity index (χ3v) is 14.0. The van der Waals surface area contributed by atoms with Crippen LogP contribution in [0.5, 0.6) is 11.5 Å². The van der Waals surface area contributed by atoms with E-state index in [0.717, 1.165) is 84.7 Å². The molecule has 66 heavy (non-hydrogen) atoms. The van der Waals surface area contributed by atoms with Crippen molar-refractivity contribution in [1.29, 1.82) is 0 Å². The van der Waals surface area contributed by atoms with Gasteiger partial charge in [0.15, 0.2) is 0 Å². The zero-order chi connectivity index (χ0) is 49.2. The number of hydrogen-bond acceptors (Lipinski definition) is 6. The van der Waals surface area contributed by atoms with Crippen LogP contribution in [0.1, 0.15) is 196 Å². The van der Waals surface area contributed by atoms with Gasteiger partial charge in [-0.1, -0.05) is 172 Å². The van der Waals surface area contributed by atoms with E-state index in [-0.39, 0.29) is 45.8 Å². The largest absolute Gasteiger partial charge is 0.507 e. The highest BCUT2D eigenvalue weighted by molar-refractivity contribution is 5.74. The first kappa shape index (κ1) is 52.4. The van der Waals surface area contributed by atoms with E-state index in [1.807, 2.05) is 27.7 Å². The van der Waals surface area contributed by atoms with Gasteiger partial charge in [0.25, 0.3) is 0 Å². The molecule has 1 fully saturated rings.